The van der Waals surface area contributed by atoms with Crippen LogP contribution in [-0.4, -0.2) is 9.13 Å². The zero-order valence-corrected chi connectivity index (χ0v) is 41.3. The first-order valence-electron chi connectivity index (χ1n) is 27.8. The Kier molecular flexibility index (Phi) is 29.9. The summed E-state index contributed by atoms with van der Waals surface area (Å²) in [5, 5.41) is 0. The molecule has 4 rings (SSSR count). The van der Waals surface area contributed by atoms with Crippen LogP contribution in [0.4, 0.5) is 0 Å². The van der Waals surface area contributed by atoms with Gasteiger partial charge in [0.25, 0.3) is 0 Å². The number of aromatic nitrogens is 4. The van der Waals surface area contributed by atoms with E-state index in [1.54, 1.807) is 0 Å². The Bertz CT molecular complexity index is 1490. The number of nitrogens with zero attached hydrogens (tertiary/aromatic N) is 4. The summed E-state index contributed by atoms with van der Waals surface area (Å²) >= 11 is 0. The number of aryl methyl sites for hydroxylation is 4. The van der Waals surface area contributed by atoms with Gasteiger partial charge < -0.3 is 0 Å². The summed E-state index contributed by atoms with van der Waals surface area (Å²) < 4.78 is 10.1. The zero-order chi connectivity index (χ0) is 43.4. The third-order valence-corrected chi connectivity index (χ3v) is 14.1. The van der Waals surface area contributed by atoms with Gasteiger partial charge in [-0.25, -0.2) is 18.3 Å². The lowest BCUT2D eigenvalue weighted by Crippen LogP contribution is -2.32. The van der Waals surface area contributed by atoms with E-state index in [4.69, 9.17) is 0 Å². The molecule has 0 aliphatic heterocycles. The van der Waals surface area contributed by atoms with Gasteiger partial charge in [-0.2, -0.15) is 0 Å². The van der Waals surface area contributed by atoms with Gasteiger partial charge in [0.05, 0.1) is 26.2 Å². The van der Waals surface area contributed by atoms with E-state index in [2.05, 4.69) is 93.3 Å². The van der Waals surface area contributed by atoms with Crippen LogP contribution >= 0.6 is 0 Å². The summed E-state index contributed by atoms with van der Waals surface area (Å²) in [6.45, 7) is 9.25. The molecule has 0 unspecified atom stereocenters. The molecule has 2 heterocycles. The highest BCUT2D eigenvalue weighted by atomic mass is 15.1. The summed E-state index contributed by atoms with van der Waals surface area (Å²) in [6.07, 6.45) is 58.4. The highest BCUT2D eigenvalue weighted by Crippen LogP contribution is 2.19. The predicted octanol–water partition coefficient (Wildman–Crippen LogP) is 17.7. The zero-order valence-electron chi connectivity index (χ0n) is 41.3. The van der Waals surface area contributed by atoms with Gasteiger partial charge >= 0.3 is 0 Å². The average Bonchev–Trinajstić information content (AvgIpc) is 3.84. The van der Waals surface area contributed by atoms with E-state index in [1.807, 2.05) is 0 Å². The third kappa shape index (κ3) is 22.3. The van der Waals surface area contributed by atoms with Crippen molar-refractivity contribution in [2.45, 2.75) is 284 Å². The standard InChI is InChI=1S/C58H100N4/c1-3-5-7-9-11-13-15-17-19-21-25-29-33-41-49-59-53-61(57-47-39-37-45-55(57)59)51-43-35-31-27-23-24-28-32-36-44-52-62-54-60(56-46-38-40-48-58(56)62)50-42-34-30-26-22-20-18-16-14-12-10-8-6-4-2/h37-40,45-48,53-54H,3-36,41-44,49-52H2,1-2H3/q+2. The SMILES string of the molecule is CCCCCCCCCCCCCCCC[n+]1cn(CCCCCCCCCCCCn2c[n+](CCCCCCCCCCCCCCCC)c3ccccc32)c2ccccc21. The third-order valence-electron chi connectivity index (χ3n) is 14.1. The van der Waals surface area contributed by atoms with Crippen molar-refractivity contribution >= 4 is 22.1 Å². The lowest BCUT2D eigenvalue weighted by atomic mass is 10.0. The Hall–Kier alpha value is -2.62. The molecule has 0 atom stereocenters. The van der Waals surface area contributed by atoms with Gasteiger partial charge in [0.15, 0.2) is 22.1 Å². The number of fused-ring (bicyclic) bond motifs is 2. The van der Waals surface area contributed by atoms with Crippen molar-refractivity contribution in [3.05, 3.63) is 61.2 Å². The topological polar surface area (TPSA) is 17.6 Å². The minimum Gasteiger partial charge on any atom is -0.230 e. The first-order valence-corrected chi connectivity index (χ1v) is 27.8. The van der Waals surface area contributed by atoms with Crippen LogP contribution in [0.3, 0.4) is 0 Å². The maximum atomic E-state index is 2.54. The molecule has 4 nitrogen and oxygen atoms in total. The van der Waals surface area contributed by atoms with Crippen molar-refractivity contribution < 1.29 is 9.13 Å². The van der Waals surface area contributed by atoms with Crippen LogP contribution in [0, 0.1) is 0 Å². The maximum Gasteiger partial charge on any atom is 0.244 e. The van der Waals surface area contributed by atoms with Crippen LogP contribution in [0.15, 0.2) is 61.2 Å². The van der Waals surface area contributed by atoms with Gasteiger partial charge in [0.2, 0.25) is 12.7 Å². The molecule has 0 radical (unpaired) electrons. The minimum absolute atomic E-state index is 1.16. The van der Waals surface area contributed by atoms with E-state index in [0.29, 0.717) is 0 Å². The second kappa shape index (κ2) is 35.7. The van der Waals surface area contributed by atoms with Crippen LogP contribution in [0.1, 0.15) is 258 Å². The predicted molar refractivity (Wildman–Crippen MR) is 271 cm³/mol. The Balaban J connectivity index is 0.964. The first-order chi connectivity index (χ1) is 30.8. The number of hydrogen-bond donors (Lipinski definition) is 0. The second-order valence-corrected chi connectivity index (χ2v) is 19.7. The smallest absolute Gasteiger partial charge is 0.230 e. The number of unbranched alkanes of at least 4 members (excludes halogenated alkanes) is 35. The highest BCUT2D eigenvalue weighted by molar-refractivity contribution is 5.72. The molecule has 0 bridgehead atoms. The number of hydrogen-bond acceptors (Lipinski definition) is 0. The molecule has 0 fully saturated rings. The maximum absolute atomic E-state index is 2.54. The van der Waals surface area contributed by atoms with Gasteiger partial charge in [-0.15, -0.1) is 0 Å². The molecule has 0 spiro atoms. The largest absolute Gasteiger partial charge is 0.244 e. The fourth-order valence-electron chi connectivity index (χ4n) is 10.1. The molecule has 4 heteroatoms. The molecule has 0 amide bonds. The summed E-state index contributed by atoms with van der Waals surface area (Å²) in [6, 6.07) is 18.2. The second-order valence-electron chi connectivity index (χ2n) is 19.7. The lowest BCUT2D eigenvalue weighted by Gasteiger charge is -2.03. The van der Waals surface area contributed by atoms with Crippen molar-refractivity contribution in [1.82, 2.24) is 9.13 Å². The molecule has 2 aromatic carbocycles. The van der Waals surface area contributed by atoms with Gasteiger partial charge in [-0.3, -0.25) is 0 Å². The van der Waals surface area contributed by atoms with Crippen LogP contribution in [0.2, 0.25) is 0 Å². The van der Waals surface area contributed by atoms with Crippen LogP contribution in [0.5, 0.6) is 0 Å². The summed E-state index contributed by atoms with van der Waals surface area (Å²) in [7, 11) is 0. The van der Waals surface area contributed by atoms with Gasteiger partial charge in [0, 0.05) is 0 Å². The minimum atomic E-state index is 1.16. The molecule has 0 aliphatic rings. The summed E-state index contributed by atoms with van der Waals surface area (Å²) in [4.78, 5) is 0. The molecule has 0 aliphatic carbocycles. The van der Waals surface area contributed by atoms with E-state index in [-0.39, 0.29) is 0 Å². The van der Waals surface area contributed by atoms with Crippen molar-refractivity contribution in [2.75, 3.05) is 0 Å². The van der Waals surface area contributed by atoms with Gasteiger partial charge in [-0.1, -0.05) is 231 Å². The van der Waals surface area contributed by atoms with Crippen molar-refractivity contribution in [2.24, 2.45) is 0 Å². The van der Waals surface area contributed by atoms with E-state index in [9.17, 15) is 0 Å². The summed E-state index contributed by atoms with van der Waals surface area (Å²) in [5.41, 5.74) is 5.68. The Morgan fingerprint density at radius 2 is 0.532 bits per heavy atom. The van der Waals surface area contributed by atoms with Crippen molar-refractivity contribution in [3.8, 4) is 0 Å². The van der Waals surface area contributed by atoms with Gasteiger partial charge in [0.1, 0.15) is 0 Å². The monoisotopic (exact) mass is 853 g/mol. The van der Waals surface area contributed by atoms with E-state index >= 15 is 0 Å². The quantitative estimate of drug-likeness (QED) is 0.0312. The lowest BCUT2D eigenvalue weighted by molar-refractivity contribution is -0.672. The molecule has 2 aromatic heterocycles. The molecular weight excluding hydrogens is 753 g/mol. The molecule has 4 aromatic rings. The number of rotatable bonds is 43. The van der Waals surface area contributed by atoms with E-state index < -0.39 is 0 Å². The average molecular weight is 853 g/mol. The van der Waals surface area contributed by atoms with Crippen LogP contribution in [-0.2, 0) is 26.2 Å². The number of imidazole rings is 2. The van der Waals surface area contributed by atoms with Crippen molar-refractivity contribution in [1.29, 1.82) is 0 Å². The number of para-hydroxylation sites is 4. The molecule has 62 heavy (non-hydrogen) atoms. The number of benzene rings is 2. The van der Waals surface area contributed by atoms with Gasteiger partial charge in [-0.05, 0) is 75.6 Å². The van der Waals surface area contributed by atoms with Crippen LogP contribution in [0.25, 0.3) is 22.1 Å². The normalized spacial score (nSPS) is 11.8. The van der Waals surface area contributed by atoms with Crippen molar-refractivity contribution in [3.63, 3.8) is 0 Å². The fraction of sp³-hybridized carbons (Fsp3) is 0.759. The molecule has 0 saturated heterocycles. The Morgan fingerprint density at radius 1 is 0.290 bits per heavy atom. The van der Waals surface area contributed by atoms with E-state index in [1.165, 1.54) is 266 Å². The first kappa shape index (κ1) is 52.0. The van der Waals surface area contributed by atoms with Crippen LogP contribution < -0.4 is 9.13 Å². The molecule has 350 valence electrons. The molecular formula is C58H100N4+2. The molecule has 0 saturated carbocycles. The summed E-state index contributed by atoms with van der Waals surface area (Å²) in [5.74, 6) is 0. The fourth-order valence-corrected chi connectivity index (χ4v) is 10.1. The Morgan fingerprint density at radius 3 is 0.823 bits per heavy atom. The van der Waals surface area contributed by atoms with E-state index in [0.717, 1.165) is 26.2 Å². The molecule has 0 N–H and O–H groups in total. The highest BCUT2D eigenvalue weighted by Gasteiger charge is 2.16. The Labute approximate surface area is 384 Å².